The molecule has 0 atom stereocenters. The number of nitrogens with zero attached hydrogens (tertiary/aromatic N) is 3. The lowest BCUT2D eigenvalue weighted by atomic mass is 10.2. The summed E-state index contributed by atoms with van der Waals surface area (Å²) in [6.07, 6.45) is 2.37. The van der Waals surface area contributed by atoms with E-state index in [1.807, 2.05) is 37.3 Å². The molecule has 2 heterocycles. The average molecular weight is 370 g/mol. The smallest absolute Gasteiger partial charge is 0.191 e. The number of carbonyl (C=O) groups excluding carboxylic acids is 1. The van der Waals surface area contributed by atoms with Gasteiger partial charge in [-0.05, 0) is 37.5 Å². The summed E-state index contributed by atoms with van der Waals surface area (Å²) in [6, 6.07) is 14.3. The SMILES string of the molecule is Cc1ccc(C(=O)CSc2nnc(C3CC3)n2Cc2ccccc2)s1. The van der Waals surface area contributed by atoms with Crippen LogP contribution in [0.5, 0.6) is 0 Å². The van der Waals surface area contributed by atoms with E-state index in [1.165, 1.54) is 30.2 Å². The van der Waals surface area contributed by atoms with Crippen LogP contribution in [0, 0.1) is 6.92 Å². The summed E-state index contributed by atoms with van der Waals surface area (Å²) in [6.45, 7) is 2.78. The molecule has 25 heavy (non-hydrogen) atoms. The number of carbonyl (C=O) groups is 1. The molecule has 1 aromatic carbocycles. The van der Waals surface area contributed by atoms with Crippen LogP contribution < -0.4 is 0 Å². The van der Waals surface area contributed by atoms with Crippen molar-refractivity contribution in [1.82, 2.24) is 14.8 Å². The Kier molecular flexibility index (Phi) is 4.72. The fraction of sp³-hybridized carbons (Fsp3) is 0.316. The third kappa shape index (κ3) is 3.85. The Morgan fingerprint density at radius 2 is 2.00 bits per heavy atom. The van der Waals surface area contributed by atoms with Crippen molar-refractivity contribution in [2.75, 3.05) is 5.75 Å². The van der Waals surface area contributed by atoms with Gasteiger partial charge in [0.25, 0.3) is 0 Å². The van der Waals surface area contributed by atoms with Crippen molar-refractivity contribution in [2.45, 2.75) is 37.4 Å². The molecule has 0 unspecified atom stereocenters. The molecule has 2 aromatic heterocycles. The maximum absolute atomic E-state index is 12.4. The summed E-state index contributed by atoms with van der Waals surface area (Å²) in [5.74, 6) is 2.15. The molecule has 1 saturated carbocycles. The van der Waals surface area contributed by atoms with Gasteiger partial charge in [0, 0.05) is 10.8 Å². The molecule has 0 N–H and O–H groups in total. The van der Waals surface area contributed by atoms with Crippen molar-refractivity contribution in [3.05, 3.63) is 63.6 Å². The third-order valence-electron chi connectivity index (χ3n) is 4.22. The molecule has 128 valence electrons. The van der Waals surface area contributed by atoms with E-state index >= 15 is 0 Å². The van der Waals surface area contributed by atoms with Gasteiger partial charge in [-0.25, -0.2) is 0 Å². The highest BCUT2D eigenvalue weighted by molar-refractivity contribution is 7.99. The number of Topliss-reactive ketones (excluding diaryl/α,β-unsaturated/α-hetero) is 1. The first kappa shape index (κ1) is 16.5. The zero-order chi connectivity index (χ0) is 17.2. The summed E-state index contributed by atoms with van der Waals surface area (Å²) in [4.78, 5) is 14.4. The normalized spacial score (nSPS) is 14.0. The van der Waals surface area contributed by atoms with Gasteiger partial charge in [0.05, 0.1) is 17.2 Å². The number of hydrogen-bond acceptors (Lipinski definition) is 5. The third-order valence-corrected chi connectivity index (χ3v) is 6.23. The second kappa shape index (κ2) is 7.14. The molecular weight excluding hydrogens is 350 g/mol. The summed E-state index contributed by atoms with van der Waals surface area (Å²) in [5, 5.41) is 9.62. The van der Waals surface area contributed by atoms with Crippen LogP contribution in [-0.2, 0) is 6.54 Å². The van der Waals surface area contributed by atoms with Gasteiger partial charge in [0.1, 0.15) is 5.82 Å². The minimum absolute atomic E-state index is 0.158. The second-order valence-corrected chi connectivity index (χ2v) is 8.54. The monoisotopic (exact) mass is 369 g/mol. The average Bonchev–Trinajstić information content (AvgIpc) is 3.25. The molecule has 0 bridgehead atoms. The van der Waals surface area contributed by atoms with Gasteiger partial charge in [0.15, 0.2) is 10.9 Å². The lowest BCUT2D eigenvalue weighted by Gasteiger charge is -2.09. The van der Waals surface area contributed by atoms with E-state index in [2.05, 4.69) is 26.9 Å². The largest absolute Gasteiger partial charge is 0.301 e. The van der Waals surface area contributed by atoms with Crippen LogP contribution in [0.4, 0.5) is 0 Å². The molecule has 3 aromatic rings. The number of thioether (sulfide) groups is 1. The zero-order valence-corrected chi connectivity index (χ0v) is 15.6. The van der Waals surface area contributed by atoms with Gasteiger partial charge < -0.3 is 4.57 Å². The molecule has 4 nitrogen and oxygen atoms in total. The number of rotatable bonds is 7. The first-order valence-electron chi connectivity index (χ1n) is 8.40. The minimum atomic E-state index is 0.158. The van der Waals surface area contributed by atoms with E-state index < -0.39 is 0 Å². The molecule has 6 heteroatoms. The number of thiophene rings is 1. The highest BCUT2D eigenvalue weighted by Gasteiger charge is 2.30. The molecule has 1 fully saturated rings. The van der Waals surface area contributed by atoms with Crippen molar-refractivity contribution in [1.29, 1.82) is 0 Å². The van der Waals surface area contributed by atoms with E-state index in [0.717, 1.165) is 27.3 Å². The summed E-state index contributed by atoms with van der Waals surface area (Å²) in [5.41, 5.74) is 1.23. The predicted molar refractivity (Wildman–Crippen MR) is 102 cm³/mol. The maximum Gasteiger partial charge on any atom is 0.191 e. The molecule has 1 aliphatic carbocycles. The van der Waals surface area contributed by atoms with Crippen molar-refractivity contribution in [2.24, 2.45) is 0 Å². The van der Waals surface area contributed by atoms with Crippen LogP contribution in [-0.4, -0.2) is 26.3 Å². The molecule has 0 radical (unpaired) electrons. The Morgan fingerprint density at radius 1 is 1.20 bits per heavy atom. The predicted octanol–water partition coefficient (Wildman–Crippen LogP) is 4.55. The summed E-state index contributed by atoms with van der Waals surface area (Å²) >= 11 is 3.04. The van der Waals surface area contributed by atoms with Crippen LogP contribution in [0.25, 0.3) is 0 Å². The van der Waals surface area contributed by atoms with E-state index in [4.69, 9.17) is 0 Å². The van der Waals surface area contributed by atoms with Gasteiger partial charge >= 0.3 is 0 Å². The number of aromatic nitrogens is 3. The topological polar surface area (TPSA) is 47.8 Å². The molecule has 0 amide bonds. The number of benzene rings is 1. The zero-order valence-electron chi connectivity index (χ0n) is 14.0. The lowest BCUT2D eigenvalue weighted by molar-refractivity contribution is 0.102. The molecule has 0 spiro atoms. The van der Waals surface area contributed by atoms with Gasteiger partial charge in [-0.3, -0.25) is 4.79 Å². The van der Waals surface area contributed by atoms with Crippen molar-refractivity contribution in [3.8, 4) is 0 Å². The highest BCUT2D eigenvalue weighted by atomic mass is 32.2. The van der Waals surface area contributed by atoms with E-state index in [-0.39, 0.29) is 5.78 Å². The van der Waals surface area contributed by atoms with Gasteiger partial charge in [-0.15, -0.1) is 21.5 Å². The van der Waals surface area contributed by atoms with Crippen molar-refractivity contribution < 1.29 is 4.79 Å². The molecule has 0 aliphatic heterocycles. The first-order valence-corrected chi connectivity index (χ1v) is 10.2. The molecular formula is C19H19N3OS2. The van der Waals surface area contributed by atoms with Crippen molar-refractivity contribution >= 4 is 28.9 Å². The quantitative estimate of drug-likeness (QED) is 0.453. The second-order valence-electron chi connectivity index (χ2n) is 6.31. The van der Waals surface area contributed by atoms with Gasteiger partial charge in [-0.2, -0.15) is 0 Å². The van der Waals surface area contributed by atoms with Gasteiger partial charge in [0.2, 0.25) is 0 Å². The van der Waals surface area contributed by atoms with Gasteiger partial charge in [-0.1, -0.05) is 42.1 Å². The van der Waals surface area contributed by atoms with E-state index in [9.17, 15) is 4.79 Å². The Morgan fingerprint density at radius 3 is 2.68 bits per heavy atom. The fourth-order valence-corrected chi connectivity index (χ4v) is 4.48. The minimum Gasteiger partial charge on any atom is -0.301 e. The molecule has 4 rings (SSSR count). The Labute approximate surface area is 155 Å². The van der Waals surface area contributed by atoms with Crippen LogP contribution >= 0.6 is 23.1 Å². The maximum atomic E-state index is 12.4. The first-order chi connectivity index (χ1) is 12.2. The fourth-order valence-electron chi connectivity index (χ4n) is 2.75. The highest BCUT2D eigenvalue weighted by Crippen LogP contribution is 2.40. The van der Waals surface area contributed by atoms with E-state index in [0.29, 0.717) is 11.7 Å². The Bertz CT molecular complexity index is 881. The standard InChI is InChI=1S/C19H19N3OS2/c1-13-7-10-17(25-13)16(23)12-24-19-21-20-18(15-8-9-15)22(19)11-14-5-3-2-4-6-14/h2-7,10,15H,8-9,11-12H2,1H3. The Balaban J connectivity index is 1.52. The van der Waals surface area contributed by atoms with E-state index in [1.54, 1.807) is 11.3 Å². The van der Waals surface area contributed by atoms with Crippen LogP contribution in [0.2, 0.25) is 0 Å². The summed E-state index contributed by atoms with van der Waals surface area (Å²) < 4.78 is 2.19. The van der Waals surface area contributed by atoms with Crippen LogP contribution in [0.3, 0.4) is 0 Å². The molecule has 0 saturated heterocycles. The number of aryl methyl sites for hydroxylation is 1. The lowest BCUT2D eigenvalue weighted by Crippen LogP contribution is -2.07. The number of hydrogen-bond donors (Lipinski definition) is 0. The Hall–Kier alpha value is -1.92. The van der Waals surface area contributed by atoms with Crippen molar-refractivity contribution in [3.63, 3.8) is 0 Å². The van der Waals surface area contributed by atoms with Crippen LogP contribution in [0.1, 0.15) is 44.7 Å². The molecule has 1 aliphatic rings. The van der Waals surface area contributed by atoms with Crippen LogP contribution in [0.15, 0.2) is 47.6 Å². The number of ketones is 1. The summed E-state index contributed by atoms with van der Waals surface area (Å²) in [7, 11) is 0.